The Bertz CT molecular complexity index is 783. The van der Waals surface area contributed by atoms with Crippen LogP contribution in [0, 0.1) is 5.92 Å². The highest BCUT2D eigenvalue weighted by molar-refractivity contribution is 5.83. The second-order valence-electron chi connectivity index (χ2n) is 7.68. The number of hydrogen-bond acceptors (Lipinski definition) is 4. The first-order chi connectivity index (χ1) is 13.9. The Morgan fingerprint density at radius 2 is 1.90 bits per heavy atom. The summed E-state index contributed by atoms with van der Waals surface area (Å²) in [6.07, 6.45) is -0.635. The Hall–Kier alpha value is -1.70. The lowest BCUT2D eigenvalue weighted by atomic mass is 9.84. The van der Waals surface area contributed by atoms with Crippen molar-refractivity contribution in [3.63, 3.8) is 0 Å². The van der Waals surface area contributed by atoms with Crippen LogP contribution in [0.2, 0.25) is 0 Å². The third-order valence-electron chi connectivity index (χ3n) is 5.98. The zero-order valence-electron chi connectivity index (χ0n) is 17.2. The van der Waals surface area contributed by atoms with Crippen LogP contribution in [0.1, 0.15) is 43.9 Å². The van der Waals surface area contributed by atoms with Crippen LogP contribution in [-0.2, 0) is 6.18 Å². The molecular weight excluding hydrogens is 377 g/mol. The number of halogens is 3. The fourth-order valence-electron chi connectivity index (χ4n) is 4.24. The molecular formula is C22H31F3N4. The molecule has 0 aliphatic carbocycles. The average Bonchev–Trinajstić information content (AvgIpc) is 2.73. The molecule has 1 aromatic heterocycles. The summed E-state index contributed by atoms with van der Waals surface area (Å²) in [6.45, 7) is 9.87. The first-order valence-electron chi connectivity index (χ1n) is 10.6. The van der Waals surface area contributed by atoms with E-state index in [1.807, 2.05) is 6.07 Å². The summed E-state index contributed by atoms with van der Waals surface area (Å²) < 4.78 is 40.0. The van der Waals surface area contributed by atoms with E-state index in [9.17, 15) is 13.2 Å². The number of aromatic nitrogens is 1. The Morgan fingerprint density at radius 1 is 1.17 bits per heavy atom. The molecule has 0 spiro atoms. The van der Waals surface area contributed by atoms with Crippen LogP contribution in [0.25, 0.3) is 10.9 Å². The zero-order chi connectivity index (χ0) is 20.9. The first kappa shape index (κ1) is 22.0. The van der Waals surface area contributed by atoms with E-state index in [1.54, 1.807) is 6.20 Å². The summed E-state index contributed by atoms with van der Waals surface area (Å²) in [7, 11) is 0. The van der Waals surface area contributed by atoms with Crippen molar-refractivity contribution in [3.05, 3.63) is 41.6 Å². The second-order valence-corrected chi connectivity index (χ2v) is 7.68. The number of benzene rings is 1. The van der Waals surface area contributed by atoms with Crippen molar-refractivity contribution in [2.45, 2.75) is 38.9 Å². The summed E-state index contributed by atoms with van der Waals surface area (Å²) in [5.41, 5.74) is 0.916. The number of rotatable bonds is 8. The monoisotopic (exact) mass is 408 g/mol. The summed E-state index contributed by atoms with van der Waals surface area (Å²) >= 11 is 0. The molecule has 0 bridgehead atoms. The van der Waals surface area contributed by atoms with Gasteiger partial charge in [-0.25, -0.2) is 0 Å². The van der Waals surface area contributed by atoms with Gasteiger partial charge in [-0.3, -0.25) is 4.98 Å². The molecule has 0 radical (unpaired) electrons. The fraction of sp³-hybridized carbons (Fsp3) is 0.591. The molecule has 2 aromatic rings. The van der Waals surface area contributed by atoms with E-state index < -0.39 is 11.7 Å². The van der Waals surface area contributed by atoms with Crippen molar-refractivity contribution in [1.82, 2.24) is 20.5 Å². The van der Waals surface area contributed by atoms with Crippen molar-refractivity contribution in [2.75, 3.05) is 39.3 Å². The minimum absolute atomic E-state index is 0.0154. The van der Waals surface area contributed by atoms with Crippen molar-refractivity contribution >= 4 is 10.9 Å². The normalized spacial score (nSPS) is 17.2. The lowest BCUT2D eigenvalue weighted by Gasteiger charge is -2.33. The molecule has 0 amide bonds. The van der Waals surface area contributed by atoms with E-state index in [0.717, 1.165) is 63.7 Å². The molecule has 1 fully saturated rings. The molecule has 1 atom stereocenters. The number of nitrogens with one attached hydrogen (secondary N) is 2. The van der Waals surface area contributed by atoms with Crippen molar-refractivity contribution in [1.29, 1.82) is 0 Å². The first-order valence-corrected chi connectivity index (χ1v) is 10.6. The fourth-order valence-corrected chi connectivity index (χ4v) is 4.24. The third kappa shape index (κ3) is 5.47. The van der Waals surface area contributed by atoms with Gasteiger partial charge >= 0.3 is 6.18 Å². The maximum atomic E-state index is 13.3. The predicted octanol–water partition coefficient (Wildman–Crippen LogP) is 4.23. The van der Waals surface area contributed by atoms with Gasteiger partial charge in [0.25, 0.3) is 0 Å². The van der Waals surface area contributed by atoms with Crippen molar-refractivity contribution in [3.8, 4) is 0 Å². The number of nitrogens with zero attached hydrogens (tertiary/aromatic N) is 2. The molecule has 1 aromatic carbocycles. The van der Waals surface area contributed by atoms with Crippen LogP contribution in [0.4, 0.5) is 13.2 Å². The SMILES string of the molecule is CCN(CC)CCNC(c1ccnc2ccc(C(F)(F)F)cc12)C1CCNCC1. The van der Waals surface area contributed by atoms with Gasteiger partial charge in [-0.15, -0.1) is 0 Å². The zero-order valence-corrected chi connectivity index (χ0v) is 17.2. The largest absolute Gasteiger partial charge is 0.416 e. The molecule has 160 valence electrons. The lowest BCUT2D eigenvalue weighted by Crippen LogP contribution is -2.39. The Balaban J connectivity index is 1.94. The number of fused-ring (bicyclic) bond motifs is 1. The Kier molecular flexibility index (Phi) is 7.49. The summed E-state index contributed by atoms with van der Waals surface area (Å²) in [5.74, 6) is 0.382. The van der Waals surface area contributed by atoms with E-state index in [4.69, 9.17) is 0 Å². The van der Waals surface area contributed by atoms with Gasteiger partial charge in [0, 0.05) is 30.7 Å². The van der Waals surface area contributed by atoms with Crippen LogP contribution in [0.15, 0.2) is 30.5 Å². The predicted molar refractivity (Wildman–Crippen MR) is 111 cm³/mol. The van der Waals surface area contributed by atoms with Gasteiger partial charge in [-0.05, 0) is 74.8 Å². The van der Waals surface area contributed by atoms with Crippen molar-refractivity contribution < 1.29 is 13.2 Å². The molecule has 1 aliphatic rings. The smallest absolute Gasteiger partial charge is 0.317 e. The van der Waals surface area contributed by atoms with Crippen LogP contribution in [0.3, 0.4) is 0 Å². The number of alkyl halides is 3. The van der Waals surface area contributed by atoms with Gasteiger partial charge in [-0.2, -0.15) is 13.2 Å². The highest BCUT2D eigenvalue weighted by atomic mass is 19.4. The highest BCUT2D eigenvalue weighted by Gasteiger charge is 2.32. The molecule has 29 heavy (non-hydrogen) atoms. The molecule has 4 nitrogen and oxygen atoms in total. The molecule has 0 saturated carbocycles. The molecule has 2 N–H and O–H groups in total. The van der Waals surface area contributed by atoms with Gasteiger partial charge in [0.15, 0.2) is 0 Å². The van der Waals surface area contributed by atoms with Gasteiger partial charge < -0.3 is 15.5 Å². The average molecular weight is 409 g/mol. The molecule has 1 unspecified atom stereocenters. The van der Waals surface area contributed by atoms with Crippen molar-refractivity contribution in [2.24, 2.45) is 5.92 Å². The molecule has 7 heteroatoms. The summed E-state index contributed by atoms with van der Waals surface area (Å²) in [6, 6.07) is 5.77. The minimum Gasteiger partial charge on any atom is -0.317 e. The van der Waals surface area contributed by atoms with E-state index in [1.165, 1.54) is 12.1 Å². The topological polar surface area (TPSA) is 40.2 Å². The van der Waals surface area contributed by atoms with Crippen LogP contribution < -0.4 is 10.6 Å². The summed E-state index contributed by atoms with van der Waals surface area (Å²) in [5, 5.41) is 7.66. The van der Waals surface area contributed by atoms with Crippen LogP contribution >= 0.6 is 0 Å². The van der Waals surface area contributed by atoms with Gasteiger partial charge in [0.2, 0.25) is 0 Å². The number of hydrogen-bond donors (Lipinski definition) is 2. The molecule has 1 saturated heterocycles. The second kappa shape index (κ2) is 9.87. The Morgan fingerprint density at radius 3 is 2.55 bits per heavy atom. The lowest BCUT2D eigenvalue weighted by molar-refractivity contribution is -0.137. The quantitative estimate of drug-likeness (QED) is 0.686. The Labute approximate surface area is 170 Å². The minimum atomic E-state index is -4.36. The van der Waals surface area contributed by atoms with E-state index in [2.05, 4.69) is 34.4 Å². The van der Waals surface area contributed by atoms with Crippen LogP contribution in [-0.4, -0.2) is 49.2 Å². The van der Waals surface area contributed by atoms with E-state index in [0.29, 0.717) is 16.8 Å². The number of piperidine rings is 1. The van der Waals surface area contributed by atoms with E-state index in [-0.39, 0.29) is 6.04 Å². The molecule has 1 aliphatic heterocycles. The van der Waals surface area contributed by atoms with Gasteiger partial charge in [0.1, 0.15) is 0 Å². The van der Waals surface area contributed by atoms with E-state index >= 15 is 0 Å². The van der Waals surface area contributed by atoms with Gasteiger partial charge in [-0.1, -0.05) is 13.8 Å². The number of pyridine rings is 1. The molecule has 2 heterocycles. The summed E-state index contributed by atoms with van der Waals surface area (Å²) in [4.78, 5) is 6.66. The molecule has 3 rings (SSSR count). The standard InChI is InChI=1S/C22H31F3N4/c1-3-29(4-2)14-13-28-21(16-7-10-26-11-8-16)18-9-12-27-20-6-5-17(15-19(18)20)22(23,24)25/h5-6,9,12,15-16,21,26,28H,3-4,7-8,10-11,13-14H2,1-2H3. The maximum Gasteiger partial charge on any atom is 0.416 e. The number of likely N-dealkylation sites (N-methyl/N-ethyl adjacent to an activating group) is 1. The van der Waals surface area contributed by atoms with Crippen LogP contribution in [0.5, 0.6) is 0 Å². The highest BCUT2D eigenvalue weighted by Crippen LogP contribution is 2.36. The third-order valence-corrected chi connectivity index (χ3v) is 5.98. The van der Waals surface area contributed by atoms with Gasteiger partial charge in [0.05, 0.1) is 11.1 Å². The maximum absolute atomic E-state index is 13.3.